The number of aryl methyl sites for hydroxylation is 1. The molecule has 0 aliphatic heterocycles. The molecular weight excluding hydrogens is 436 g/mol. The van der Waals surface area contributed by atoms with E-state index in [1.807, 2.05) is 41.9 Å². The Morgan fingerprint density at radius 3 is 2.91 bits per heavy atom. The van der Waals surface area contributed by atoms with Crippen LogP contribution in [0.2, 0.25) is 5.28 Å². The summed E-state index contributed by atoms with van der Waals surface area (Å²) in [5.74, 6) is 0.835. The van der Waals surface area contributed by atoms with E-state index < -0.39 is 0 Å². The summed E-state index contributed by atoms with van der Waals surface area (Å²) in [5.41, 5.74) is 10.2. The number of aromatic nitrogens is 4. The van der Waals surface area contributed by atoms with Gasteiger partial charge in [0.25, 0.3) is 0 Å². The van der Waals surface area contributed by atoms with E-state index in [9.17, 15) is 0 Å². The van der Waals surface area contributed by atoms with Crippen molar-refractivity contribution in [2.24, 2.45) is 0 Å². The zero-order valence-electron chi connectivity index (χ0n) is 18.8. The van der Waals surface area contributed by atoms with E-state index in [2.05, 4.69) is 51.6 Å². The summed E-state index contributed by atoms with van der Waals surface area (Å²) in [6.07, 6.45) is 11.4. The molecule has 2 heterocycles. The van der Waals surface area contributed by atoms with Crippen LogP contribution in [0.25, 0.3) is 16.7 Å². The van der Waals surface area contributed by atoms with Gasteiger partial charge in [-0.05, 0) is 60.7 Å². The molecule has 0 spiro atoms. The van der Waals surface area contributed by atoms with Crippen molar-refractivity contribution in [1.29, 1.82) is 0 Å². The number of halogens is 1. The molecule has 172 valence electrons. The maximum Gasteiger partial charge on any atom is 0.226 e. The molecule has 0 radical (unpaired) electrons. The monoisotopic (exact) mass is 464 g/mol. The predicted molar refractivity (Wildman–Crippen MR) is 135 cm³/mol. The Kier molecular flexibility index (Phi) is 8.66. The highest BCUT2D eigenvalue weighted by Gasteiger charge is 2.10. The fourth-order valence-electron chi connectivity index (χ4n) is 3.19. The highest BCUT2D eigenvalue weighted by Crippen LogP contribution is 2.19. The molecule has 0 aliphatic rings. The van der Waals surface area contributed by atoms with E-state index in [0.29, 0.717) is 30.2 Å². The van der Waals surface area contributed by atoms with Gasteiger partial charge in [-0.15, -0.1) is 0 Å². The molecule has 0 saturated heterocycles. The fraction of sp³-hybridized carbons (Fsp3) is 0.240. The van der Waals surface area contributed by atoms with Gasteiger partial charge in [-0.1, -0.05) is 49.1 Å². The van der Waals surface area contributed by atoms with Gasteiger partial charge in [0.1, 0.15) is 5.52 Å². The van der Waals surface area contributed by atoms with E-state index >= 15 is 0 Å². The quantitative estimate of drug-likeness (QED) is 0.164. The van der Waals surface area contributed by atoms with E-state index in [1.165, 1.54) is 0 Å². The van der Waals surface area contributed by atoms with Crippen molar-refractivity contribution in [3.63, 3.8) is 0 Å². The Labute approximate surface area is 199 Å². The van der Waals surface area contributed by atoms with Gasteiger partial charge in [0.05, 0.1) is 12.9 Å². The first-order valence-electron chi connectivity index (χ1n) is 10.7. The lowest BCUT2D eigenvalue weighted by molar-refractivity contribution is 0.185. The van der Waals surface area contributed by atoms with Crippen molar-refractivity contribution >= 4 is 34.2 Å². The highest BCUT2D eigenvalue weighted by atomic mass is 35.5. The molecule has 3 aromatic rings. The Bertz CT molecular complexity index is 1180. The van der Waals surface area contributed by atoms with E-state index in [1.54, 1.807) is 6.33 Å². The van der Waals surface area contributed by atoms with Gasteiger partial charge in [-0.3, -0.25) is 0 Å². The number of nitrogens with zero attached hydrogens (tertiary/aromatic N) is 4. The first-order valence-corrected chi connectivity index (χ1v) is 11.1. The van der Waals surface area contributed by atoms with Crippen LogP contribution in [0.4, 0.5) is 5.82 Å². The number of nitrogens with one attached hydrogen (secondary N) is 1. The Morgan fingerprint density at radius 1 is 1.24 bits per heavy atom. The molecule has 1 aromatic carbocycles. The number of hydrogen-bond donors (Lipinski definition) is 2. The zero-order valence-corrected chi connectivity index (χ0v) is 19.6. The number of benzene rings is 1. The maximum atomic E-state index is 5.91. The summed E-state index contributed by atoms with van der Waals surface area (Å²) in [5, 5.41) is 3.34. The average molecular weight is 465 g/mol. The Balaban J connectivity index is 1.39. The number of imidazole rings is 1. The van der Waals surface area contributed by atoms with Crippen LogP contribution in [-0.4, -0.2) is 26.1 Å². The third-order valence-electron chi connectivity index (χ3n) is 4.92. The van der Waals surface area contributed by atoms with Crippen molar-refractivity contribution in [3.05, 3.63) is 90.3 Å². The molecule has 0 amide bonds. The lowest BCUT2D eigenvalue weighted by Crippen LogP contribution is -2.15. The van der Waals surface area contributed by atoms with Crippen LogP contribution in [0.1, 0.15) is 30.9 Å². The van der Waals surface area contributed by atoms with E-state index in [4.69, 9.17) is 22.1 Å². The predicted octanol–water partition coefficient (Wildman–Crippen LogP) is 5.27. The fourth-order valence-corrected chi connectivity index (χ4v) is 3.36. The molecular formula is C25H29ClN6O. The Hall–Kier alpha value is -3.58. The summed E-state index contributed by atoms with van der Waals surface area (Å²) < 4.78 is 7.64. The van der Waals surface area contributed by atoms with Crippen molar-refractivity contribution < 1.29 is 4.74 Å². The van der Waals surface area contributed by atoms with Crippen molar-refractivity contribution in [3.8, 4) is 0 Å². The number of nitrogens with two attached hydrogens (primary N) is 1. The van der Waals surface area contributed by atoms with Crippen LogP contribution >= 0.6 is 11.6 Å². The summed E-state index contributed by atoms with van der Waals surface area (Å²) >= 11 is 5.91. The second-order valence-electron chi connectivity index (χ2n) is 7.43. The SMILES string of the molecule is C=C(NCc1cccc(C(=C)/C=C\C=C/C)c1)OCCCCn1cnc2c(N)nc(Cl)nc21. The summed E-state index contributed by atoms with van der Waals surface area (Å²) in [6.45, 7) is 12.0. The zero-order chi connectivity index (χ0) is 23.6. The minimum atomic E-state index is 0.118. The summed E-state index contributed by atoms with van der Waals surface area (Å²) in [7, 11) is 0. The largest absolute Gasteiger partial charge is 0.480 e. The van der Waals surface area contributed by atoms with Gasteiger partial charge in [-0.2, -0.15) is 9.97 Å². The van der Waals surface area contributed by atoms with Crippen LogP contribution in [0.15, 0.2) is 73.9 Å². The number of unbranched alkanes of at least 4 members (excludes halogenated alkanes) is 1. The smallest absolute Gasteiger partial charge is 0.226 e. The normalized spacial score (nSPS) is 11.5. The van der Waals surface area contributed by atoms with Gasteiger partial charge in [0.2, 0.25) is 5.28 Å². The summed E-state index contributed by atoms with van der Waals surface area (Å²) in [4.78, 5) is 12.4. The standard InChI is InChI=1S/C25H29ClN6O/c1-4-5-6-10-18(2)21-12-9-11-20(15-21)16-28-19(3)33-14-8-7-13-32-17-29-22-23(27)30-25(26)31-24(22)32/h4-6,9-12,15,17,28H,2-3,7-8,13-14,16H2,1H3,(H2,27,30,31)/b5-4-,10-6-. The number of allylic oxidation sites excluding steroid dienone is 5. The van der Waals surface area contributed by atoms with Crippen LogP contribution in [0.3, 0.4) is 0 Å². The van der Waals surface area contributed by atoms with Crippen molar-refractivity contribution in [2.75, 3.05) is 12.3 Å². The molecule has 0 unspecified atom stereocenters. The number of ether oxygens (including phenoxy) is 1. The number of hydrogen-bond acceptors (Lipinski definition) is 6. The Morgan fingerprint density at radius 2 is 2.09 bits per heavy atom. The number of rotatable bonds is 12. The second kappa shape index (κ2) is 11.9. The van der Waals surface area contributed by atoms with Crippen molar-refractivity contribution in [2.45, 2.75) is 32.9 Å². The minimum Gasteiger partial charge on any atom is -0.480 e. The van der Waals surface area contributed by atoms with Gasteiger partial charge >= 0.3 is 0 Å². The summed E-state index contributed by atoms with van der Waals surface area (Å²) in [6, 6.07) is 8.25. The highest BCUT2D eigenvalue weighted by molar-refractivity contribution is 6.28. The van der Waals surface area contributed by atoms with Crippen LogP contribution in [-0.2, 0) is 17.8 Å². The molecule has 0 saturated carbocycles. The van der Waals surface area contributed by atoms with Gasteiger partial charge < -0.3 is 20.4 Å². The topological polar surface area (TPSA) is 90.9 Å². The van der Waals surface area contributed by atoms with Gasteiger partial charge in [0.15, 0.2) is 17.3 Å². The van der Waals surface area contributed by atoms with E-state index in [0.717, 1.165) is 36.1 Å². The lowest BCUT2D eigenvalue weighted by Gasteiger charge is -2.12. The van der Waals surface area contributed by atoms with Gasteiger partial charge in [-0.25, -0.2) is 4.98 Å². The first kappa shape index (κ1) is 24.1. The molecule has 3 rings (SSSR count). The molecule has 0 atom stereocenters. The molecule has 0 fully saturated rings. The molecule has 0 bridgehead atoms. The first-order chi connectivity index (χ1) is 16.0. The maximum absolute atomic E-state index is 5.91. The lowest BCUT2D eigenvalue weighted by atomic mass is 10.0. The van der Waals surface area contributed by atoms with E-state index in [-0.39, 0.29) is 11.1 Å². The van der Waals surface area contributed by atoms with Crippen molar-refractivity contribution in [1.82, 2.24) is 24.8 Å². The second-order valence-corrected chi connectivity index (χ2v) is 7.77. The molecule has 2 aromatic heterocycles. The molecule has 33 heavy (non-hydrogen) atoms. The third kappa shape index (κ3) is 6.95. The number of anilines is 1. The van der Waals surface area contributed by atoms with Crippen LogP contribution in [0, 0.1) is 0 Å². The minimum absolute atomic E-state index is 0.118. The molecule has 8 heteroatoms. The molecule has 0 aliphatic carbocycles. The molecule has 7 nitrogen and oxygen atoms in total. The van der Waals surface area contributed by atoms with Gasteiger partial charge in [0, 0.05) is 13.1 Å². The van der Waals surface area contributed by atoms with Crippen LogP contribution < -0.4 is 11.1 Å². The number of nitrogen functional groups attached to an aromatic ring is 1. The number of fused-ring (bicyclic) bond motifs is 1. The average Bonchev–Trinajstić information content (AvgIpc) is 3.21. The third-order valence-corrected chi connectivity index (χ3v) is 5.09. The van der Waals surface area contributed by atoms with Crippen LogP contribution in [0.5, 0.6) is 0 Å². The molecule has 3 N–H and O–H groups in total.